The lowest BCUT2D eigenvalue weighted by molar-refractivity contribution is 0.0951. The molecular formula is C23H30N4O3S. The summed E-state index contributed by atoms with van der Waals surface area (Å²) in [5.74, 6) is -0.102. The van der Waals surface area contributed by atoms with Crippen LogP contribution in [-0.2, 0) is 16.4 Å². The monoisotopic (exact) mass is 442 g/mol. The summed E-state index contributed by atoms with van der Waals surface area (Å²) in [6, 6.07) is 15.8. The van der Waals surface area contributed by atoms with Crippen LogP contribution in [0.2, 0.25) is 0 Å². The highest BCUT2D eigenvalue weighted by molar-refractivity contribution is 7.92. The van der Waals surface area contributed by atoms with Crippen LogP contribution in [0.25, 0.3) is 0 Å². The van der Waals surface area contributed by atoms with Crippen LogP contribution >= 0.6 is 0 Å². The summed E-state index contributed by atoms with van der Waals surface area (Å²) in [7, 11) is -3.27. The summed E-state index contributed by atoms with van der Waals surface area (Å²) in [4.78, 5) is 17.4. The van der Waals surface area contributed by atoms with Crippen molar-refractivity contribution in [3.8, 4) is 0 Å². The van der Waals surface area contributed by atoms with Gasteiger partial charge in [-0.1, -0.05) is 18.2 Å². The lowest BCUT2D eigenvalue weighted by atomic mass is 10.1. The second-order valence-electron chi connectivity index (χ2n) is 8.20. The topological polar surface area (TPSA) is 73.0 Å². The number of para-hydroxylation sites is 1. The maximum atomic E-state index is 12.5. The van der Waals surface area contributed by atoms with E-state index in [9.17, 15) is 13.2 Å². The minimum Gasteiger partial charge on any atom is -0.369 e. The van der Waals surface area contributed by atoms with Crippen LogP contribution in [0.15, 0.2) is 48.5 Å². The van der Waals surface area contributed by atoms with Gasteiger partial charge in [-0.05, 0) is 55.3 Å². The quantitative estimate of drug-likeness (QED) is 0.664. The number of anilines is 2. The number of fused-ring (bicyclic) bond motifs is 1. The van der Waals surface area contributed by atoms with Crippen molar-refractivity contribution in [3.05, 3.63) is 59.7 Å². The van der Waals surface area contributed by atoms with E-state index in [-0.39, 0.29) is 5.91 Å². The van der Waals surface area contributed by atoms with Crippen molar-refractivity contribution < 1.29 is 13.2 Å². The lowest BCUT2D eigenvalue weighted by Crippen LogP contribution is -2.47. The number of nitrogens with one attached hydrogen (secondary N) is 1. The molecule has 8 heteroatoms. The number of amides is 1. The zero-order chi connectivity index (χ0) is 21.8. The normalized spacial score (nSPS) is 16.9. The first kappa shape index (κ1) is 21.6. The molecule has 2 aromatic rings. The van der Waals surface area contributed by atoms with Gasteiger partial charge in [0.15, 0.2) is 0 Å². The van der Waals surface area contributed by atoms with Gasteiger partial charge in [0, 0.05) is 50.5 Å². The molecule has 2 aliphatic heterocycles. The predicted octanol–water partition coefficient (Wildman–Crippen LogP) is 1.95. The van der Waals surface area contributed by atoms with Gasteiger partial charge in [-0.3, -0.25) is 14.0 Å². The first-order valence-corrected chi connectivity index (χ1v) is 12.7. The summed E-state index contributed by atoms with van der Waals surface area (Å²) in [5.41, 5.74) is 3.47. The second kappa shape index (κ2) is 9.28. The van der Waals surface area contributed by atoms with Gasteiger partial charge in [-0.15, -0.1) is 0 Å². The zero-order valence-corrected chi connectivity index (χ0v) is 18.8. The van der Waals surface area contributed by atoms with E-state index in [1.807, 2.05) is 12.1 Å². The first-order chi connectivity index (χ1) is 14.9. The number of hydrogen-bond acceptors (Lipinski definition) is 5. The van der Waals surface area contributed by atoms with Gasteiger partial charge in [0.1, 0.15) is 0 Å². The molecule has 2 heterocycles. The van der Waals surface area contributed by atoms with Gasteiger partial charge in [0.25, 0.3) is 5.91 Å². The summed E-state index contributed by atoms with van der Waals surface area (Å²) in [5, 5.41) is 3.00. The highest BCUT2D eigenvalue weighted by Gasteiger charge is 2.26. The number of benzene rings is 2. The Morgan fingerprint density at radius 2 is 1.74 bits per heavy atom. The predicted molar refractivity (Wildman–Crippen MR) is 124 cm³/mol. The van der Waals surface area contributed by atoms with Crippen molar-refractivity contribution in [2.45, 2.75) is 12.8 Å². The average molecular weight is 443 g/mol. The number of nitrogens with zero attached hydrogens (tertiary/aromatic N) is 3. The SMILES string of the molecule is CS(=O)(=O)N1CCc2cc(C(=O)NCCCN3CCN(c4ccccc4)CC3)ccc21. The van der Waals surface area contributed by atoms with Crippen LogP contribution in [0.1, 0.15) is 22.3 Å². The Labute approximate surface area is 184 Å². The van der Waals surface area contributed by atoms with Crippen molar-refractivity contribution in [1.29, 1.82) is 0 Å². The lowest BCUT2D eigenvalue weighted by Gasteiger charge is -2.36. The van der Waals surface area contributed by atoms with Crippen LogP contribution in [0.4, 0.5) is 11.4 Å². The van der Waals surface area contributed by atoms with Crippen LogP contribution in [0, 0.1) is 0 Å². The van der Waals surface area contributed by atoms with Gasteiger partial charge in [0.05, 0.1) is 11.9 Å². The molecule has 0 saturated carbocycles. The molecule has 166 valence electrons. The zero-order valence-electron chi connectivity index (χ0n) is 18.0. The Hall–Kier alpha value is -2.58. The standard InChI is InChI=1S/C23H30N4O3S/c1-31(29,30)27-13-10-19-18-20(8-9-22(19)27)23(28)24-11-5-12-25-14-16-26(17-15-25)21-6-3-2-4-7-21/h2-4,6-9,18H,5,10-17H2,1H3,(H,24,28). The molecule has 1 amide bonds. The van der Waals surface area contributed by atoms with Crippen LogP contribution in [0.5, 0.6) is 0 Å². The number of carbonyl (C=O) groups is 1. The summed E-state index contributed by atoms with van der Waals surface area (Å²) >= 11 is 0. The van der Waals surface area contributed by atoms with Crippen LogP contribution < -0.4 is 14.5 Å². The fourth-order valence-corrected chi connectivity index (χ4v) is 5.29. The van der Waals surface area contributed by atoms with E-state index in [0.717, 1.165) is 44.7 Å². The fraction of sp³-hybridized carbons (Fsp3) is 0.435. The van der Waals surface area contributed by atoms with Crippen LogP contribution in [0.3, 0.4) is 0 Å². The Bertz CT molecular complexity index is 1020. The molecule has 31 heavy (non-hydrogen) atoms. The molecule has 0 spiro atoms. The molecule has 1 fully saturated rings. The van der Waals surface area contributed by atoms with E-state index < -0.39 is 10.0 Å². The molecule has 0 aromatic heterocycles. The highest BCUT2D eigenvalue weighted by atomic mass is 32.2. The molecule has 0 aliphatic carbocycles. The first-order valence-electron chi connectivity index (χ1n) is 10.8. The fourth-order valence-electron chi connectivity index (χ4n) is 4.33. The average Bonchev–Trinajstić information content (AvgIpc) is 3.21. The maximum Gasteiger partial charge on any atom is 0.251 e. The van der Waals surface area contributed by atoms with Crippen molar-refractivity contribution in [2.24, 2.45) is 0 Å². The molecule has 0 bridgehead atoms. The van der Waals surface area contributed by atoms with Crippen molar-refractivity contribution in [2.75, 3.05) is 61.3 Å². The van der Waals surface area contributed by atoms with Crippen molar-refractivity contribution in [3.63, 3.8) is 0 Å². The molecule has 1 saturated heterocycles. The van der Waals surface area contributed by atoms with Gasteiger partial charge >= 0.3 is 0 Å². The van der Waals surface area contributed by atoms with Crippen molar-refractivity contribution >= 4 is 27.3 Å². The Balaban J connectivity index is 1.20. The molecule has 0 unspecified atom stereocenters. The summed E-state index contributed by atoms with van der Waals surface area (Å²) < 4.78 is 25.1. The molecule has 2 aliphatic rings. The second-order valence-corrected chi connectivity index (χ2v) is 10.1. The molecule has 1 N–H and O–H groups in total. The molecular weight excluding hydrogens is 412 g/mol. The van der Waals surface area contributed by atoms with E-state index in [4.69, 9.17) is 0 Å². The largest absolute Gasteiger partial charge is 0.369 e. The van der Waals surface area contributed by atoms with Gasteiger partial charge in [-0.25, -0.2) is 8.42 Å². The van der Waals surface area contributed by atoms with Gasteiger partial charge < -0.3 is 10.2 Å². The van der Waals surface area contributed by atoms with Crippen LogP contribution in [-0.4, -0.2) is 71.3 Å². The van der Waals surface area contributed by atoms with E-state index in [1.165, 1.54) is 16.2 Å². The Morgan fingerprint density at radius 1 is 1.00 bits per heavy atom. The summed E-state index contributed by atoms with van der Waals surface area (Å²) in [6.07, 6.45) is 2.76. The smallest absolute Gasteiger partial charge is 0.251 e. The molecule has 0 atom stereocenters. The molecule has 7 nitrogen and oxygen atoms in total. The van der Waals surface area contributed by atoms with E-state index >= 15 is 0 Å². The third kappa shape index (κ3) is 5.19. The van der Waals surface area contributed by atoms with E-state index in [0.29, 0.717) is 30.8 Å². The highest BCUT2D eigenvalue weighted by Crippen LogP contribution is 2.30. The maximum absolute atomic E-state index is 12.5. The number of sulfonamides is 1. The molecule has 0 radical (unpaired) electrons. The van der Waals surface area contributed by atoms with E-state index in [1.54, 1.807) is 12.1 Å². The Morgan fingerprint density at radius 3 is 2.45 bits per heavy atom. The summed E-state index contributed by atoms with van der Waals surface area (Å²) in [6.45, 7) is 6.15. The van der Waals surface area contributed by atoms with Gasteiger partial charge in [0.2, 0.25) is 10.0 Å². The van der Waals surface area contributed by atoms with Crippen molar-refractivity contribution in [1.82, 2.24) is 10.2 Å². The minimum atomic E-state index is -3.27. The van der Waals surface area contributed by atoms with E-state index in [2.05, 4.69) is 39.4 Å². The Kier molecular flexibility index (Phi) is 6.48. The number of piperazine rings is 1. The molecule has 4 rings (SSSR count). The van der Waals surface area contributed by atoms with Gasteiger partial charge in [-0.2, -0.15) is 0 Å². The number of hydrogen-bond donors (Lipinski definition) is 1. The number of rotatable bonds is 7. The molecule has 2 aromatic carbocycles. The minimum absolute atomic E-state index is 0.102. The third-order valence-electron chi connectivity index (χ3n) is 6.03. The third-order valence-corrected chi connectivity index (χ3v) is 7.21. The number of carbonyl (C=O) groups excluding carboxylic acids is 1.